The van der Waals surface area contributed by atoms with Gasteiger partial charge in [-0.1, -0.05) is 18.2 Å². The minimum Gasteiger partial charge on any atom is -0.486 e. The van der Waals surface area contributed by atoms with Gasteiger partial charge in [0.2, 0.25) is 5.91 Å². The molecule has 1 saturated heterocycles. The van der Waals surface area contributed by atoms with Gasteiger partial charge in [0.25, 0.3) is 5.91 Å². The third kappa shape index (κ3) is 3.88. The smallest absolute Gasteiger partial charge is 0.253 e. The van der Waals surface area contributed by atoms with E-state index in [4.69, 9.17) is 4.74 Å². The lowest BCUT2D eigenvalue weighted by molar-refractivity contribution is -0.135. The number of amides is 2. The molecule has 0 saturated carbocycles. The molecule has 6 nitrogen and oxygen atoms in total. The summed E-state index contributed by atoms with van der Waals surface area (Å²) in [5, 5.41) is 6.82. The molecule has 0 atom stereocenters. The third-order valence-corrected chi connectivity index (χ3v) is 5.76. The molecule has 2 aliphatic heterocycles. The first-order valence-electron chi connectivity index (χ1n) is 9.01. The predicted octanol–water partition coefficient (Wildman–Crippen LogP) is 2.26. The monoisotopic (exact) mass is 383 g/mol. The minimum absolute atomic E-state index is 0.0842. The van der Waals surface area contributed by atoms with E-state index in [2.05, 4.69) is 10.3 Å². The molecular formula is C20H21N3O3S. The SMILES string of the molecule is O=C(Cc1ccsc1)N1CCC2(CC1)N=C(COc1ccccc1)NC2=O. The quantitative estimate of drug-likeness (QED) is 0.861. The second-order valence-electron chi connectivity index (χ2n) is 6.84. The first kappa shape index (κ1) is 17.7. The Labute approximate surface area is 161 Å². The Morgan fingerprint density at radius 3 is 2.70 bits per heavy atom. The number of piperidine rings is 1. The lowest BCUT2D eigenvalue weighted by Gasteiger charge is -2.35. The molecule has 3 heterocycles. The van der Waals surface area contributed by atoms with Gasteiger partial charge < -0.3 is 15.0 Å². The molecule has 7 heteroatoms. The maximum absolute atomic E-state index is 12.5. The first-order valence-corrected chi connectivity index (χ1v) is 9.96. The molecule has 1 N–H and O–H groups in total. The third-order valence-electron chi connectivity index (χ3n) is 5.03. The number of carbonyl (C=O) groups excluding carboxylic acids is 2. The number of ether oxygens (including phenoxy) is 1. The van der Waals surface area contributed by atoms with Gasteiger partial charge in [0.05, 0.1) is 6.42 Å². The van der Waals surface area contributed by atoms with Crippen LogP contribution < -0.4 is 10.1 Å². The van der Waals surface area contributed by atoms with Crippen molar-refractivity contribution in [3.8, 4) is 5.75 Å². The summed E-state index contributed by atoms with van der Waals surface area (Å²) in [6, 6.07) is 11.4. The number of nitrogens with one attached hydrogen (secondary N) is 1. The number of likely N-dealkylation sites (tertiary alicyclic amines) is 1. The number of benzene rings is 1. The summed E-state index contributed by atoms with van der Waals surface area (Å²) in [6.07, 6.45) is 1.51. The standard InChI is InChI=1S/C20H21N3O3S/c24-18(12-15-6-11-27-14-15)23-9-7-20(8-10-23)19(25)21-17(22-20)13-26-16-4-2-1-3-5-16/h1-6,11,14H,7-10,12-13H2,(H,21,22,25). The van der Waals surface area contributed by atoms with Crippen LogP contribution in [0.5, 0.6) is 5.75 Å². The molecule has 2 aliphatic rings. The molecule has 4 rings (SSSR count). The highest BCUT2D eigenvalue weighted by Crippen LogP contribution is 2.30. The number of thiophene rings is 1. The largest absolute Gasteiger partial charge is 0.486 e. The minimum atomic E-state index is -0.755. The van der Waals surface area contributed by atoms with E-state index in [1.165, 1.54) is 0 Å². The second-order valence-corrected chi connectivity index (χ2v) is 7.62. The number of hydrogen-bond donors (Lipinski definition) is 1. The van der Waals surface area contributed by atoms with Gasteiger partial charge in [0, 0.05) is 13.1 Å². The van der Waals surface area contributed by atoms with Gasteiger partial charge >= 0.3 is 0 Å². The Bertz CT molecular complexity index is 841. The molecule has 0 aliphatic carbocycles. The van der Waals surface area contributed by atoms with Crippen LogP contribution >= 0.6 is 11.3 Å². The Hall–Kier alpha value is -2.67. The highest BCUT2D eigenvalue weighted by atomic mass is 32.1. The van der Waals surface area contributed by atoms with Crippen LogP contribution in [0.1, 0.15) is 18.4 Å². The second kappa shape index (κ2) is 7.52. The zero-order chi connectivity index (χ0) is 18.7. The summed E-state index contributed by atoms with van der Waals surface area (Å²) in [5.41, 5.74) is 0.288. The highest BCUT2D eigenvalue weighted by Gasteiger charge is 2.46. The van der Waals surface area contributed by atoms with E-state index in [-0.39, 0.29) is 18.4 Å². The van der Waals surface area contributed by atoms with Gasteiger partial charge in [-0.3, -0.25) is 14.6 Å². The topological polar surface area (TPSA) is 71.0 Å². The highest BCUT2D eigenvalue weighted by molar-refractivity contribution is 7.08. The van der Waals surface area contributed by atoms with Crippen LogP contribution in [-0.2, 0) is 16.0 Å². The Balaban J connectivity index is 1.34. The van der Waals surface area contributed by atoms with E-state index in [0.717, 1.165) is 11.3 Å². The number of aliphatic imine (C=N–C) groups is 1. The fraction of sp³-hybridized carbons (Fsp3) is 0.350. The Morgan fingerprint density at radius 1 is 1.22 bits per heavy atom. The molecule has 27 heavy (non-hydrogen) atoms. The molecular weight excluding hydrogens is 362 g/mol. The number of nitrogens with zero attached hydrogens (tertiary/aromatic N) is 2. The zero-order valence-electron chi connectivity index (χ0n) is 14.9. The summed E-state index contributed by atoms with van der Waals surface area (Å²) in [7, 11) is 0. The molecule has 0 unspecified atom stereocenters. The van der Waals surface area contributed by atoms with Crippen molar-refractivity contribution in [2.24, 2.45) is 4.99 Å². The molecule has 140 valence electrons. The van der Waals surface area contributed by atoms with Gasteiger partial charge in [-0.15, -0.1) is 0 Å². The lowest BCUT2D eigenvalue weighted by Crippen LogP contribution is -2.50. The number of carbonyl (C=O) groups is 2. The van der Waals surface area contributed by atoms with Crippen LogP contribution in [-0.4, -0.2) is 47.8 Å². The molecule has 0 bridgehead atoms. The number of para-hydroxylation sites is 1. The van der Waals surface area contributed by atoms with Crippen molar-refractivity contribution in [2.75, 3.05) is 19.7 Å². The lowest BCUT2D eigenvalue weighted by atomic mass is 9.88. The molecule has 0 radical (unpaired) electrons. The van der Waals surface area contributed by atoms with Crippen molar-refractivity contribution in [2.45, 2.75) is 24.8 Å². The Morgan fingerprint density at radius 2 is 2.00 bits per heavy atom. The van der Waals surface area contributed by atoms with Gasteiger partial charge in [-0.05, 0) is 47.4 Å². The summed E-state index contributed by atoms with van der Waals surface area (Å²) in [6.45, 7) is 1.33. The number of hydrogen-bond acceptors (Lipinski definition) is 5. The van der Waals surface area contributed by atoms with Crippen LogP contribution in [0.15, 0.2) is 52.2 Å². The molecule has 1 aromatic heterocycles. The maximum atomic E-state index is 12.5. The van der Waals surface area contributed by atoms with Gasteiger partial charge in [-0.25, -0.2) is 0 Å². The normalized spacial score (nSPS) is 18.3. The number of rotatable bonds is 5. The van der Waals surface area contributed by atoms with Crippen molar-refractivity contribution in [1.29, 1.82) is 0 Å². The molecule has 2 aromatic rings. The Kier molecular flexibility index (Phi) is 4.94. The van der Waals surface area contributed by atoms with Crippen molar-refractivity contribution in [3.05, 3.63) is 52.7 Å². The summed E-state index contributed by atoms with van der Waals surface area (Å²) >= 11 is 1.59. The molecule has 2 amide bonds. The van der Waals surface area contributed by atoms with E-state index >= 15 is 0 Å². The van der Waals surface area contributed by atoms with E-state index < -0.39 is 5.54 Å². The van der Waals surface area contributed by atoms with Crippen molar-refractivity contribution < 1.29 is 14.3 Å². The average molecular weight is 383 g/mol. The maximum Gasteiger partial charge on any atom is 0.253 e. The van der Waals surface area contributed by atoms with E-state index in [1.54, 1.807) is 11.3 Å². The molecule has 1 aromatic carbocycles. The van der Waals surface area contributed by atoms with Crippen LogP contribution in [0.4, 0.5) is 0 Å². The molecule has 1 spiro atoms. The van der Waals surface area contributed by atoms with Crippen molar-refractivity contribution in [1.82, 2.24) is 10.2 Å². The molecule has 1 fully saturated rings. The van der Waals surface area contributed by atoms with Gasteiger partial charge in [-0.2, -0.15) is 11.3 Å². The van der Waals surface area contributed by atoms with Gasteiger partial charge in [0.1, 0.15) is 23.7 Å². The van der Waals surface area contributed by atoms with Crippen molar-refractivity contribution in [3.63, 3.8) is 0 Å². The van der Waals surface area contributed by atoms with Crippen LogP contribution in [0, 0.1) is 0 Å². The summed E-state index contributed by atoms with van der Waals surface area (Å²) < 4.78 is 5.68. The zero-order valence-corrected chi connectivity index (χ0v) is 15.7. The average Bonchev–Trinajstić information content (AvgIpc) is 3.30. The van der Waals surface area contributed by atoms with Crippen LogP contribution in [0.25, 0.3) is 0 Å². The van der Waals surface area contributed by atoms with Gasteiger partial charge in [0.15, 0.2) is 0 Å². The number of amidine groups is 1. The summed E-state index contributed by atoms with van der Waals surface area (Å²) in [5.74, 6) is 1.32. The van der Waals surface area contributed by atoms with Crippen molar-refractivity contribution >= 4 is 29.0 Å². The first-order chi connectivity index (χ1) is 13.1. The predicted molar refractivity (Wildman–Crippen MR) is 104 cm³/mol. The van der Waals surface area contributed by atoms with E-state index in [0.29, 0.717) is 38.2 Å². The summed E-state index contributed by atoms with van der Waals surface area (Å²) in [4.78, 5) is 31.4. The van der Waals surface area contributed by atoms with E-state index in [1.807, 2.05) is 52.1 Å². The van der Waals surface area contributed by atoms with Crippen LogP contribution in [0.3, 0.4) is 0 Å². The van der Waals surface area contributed by atoms with E-state index in [9.17, 15) is 9.59 Å². The fourth-order valence-corrected chi connectivity index (χ4v) is 4.13. The van der Waals surface area contributed by atoms with Crippen LogP contribution in [0.2, 0.25) is 0 Å². The fourth-order valence-electron chi connectivity index (χ4n) is 3.47.